The van der Waals surface area contributed by atoms with Gasteiger partial charge in [-0.05, 0) is 25.0 Å². The van der Waals surface area contributed by atoms with Crippen LogP contribution in [0.4, 0.5) is 0 Å². The van der Waals surface area contributed by atoms with Crippen LogP contribution >= 0.6 is 0 Å². The van der Waals surface area contributed by atoms with Crippen LogP contribution in [0.1, 0.15) is 32.6 Å². The molecule has 1 aromatic carbocycles. The second-order valence-electron chi connectivity index (χ2n) is 5.52. The van der Waals surface area contributed by atoms with Crippen LogP contribution in [0.25, 0.3) is 10.9 Å². The van der Waals surface area contributed by atoms with Crippen molar-refractivity contribution in [1.29, 1.82) is 0 Å². The van der Waals surface area contributed by atoms with Crippen LogP contribution < -0.4 is 5.56 Å². The molecule has 2 aromatic rings. The van der Waals surface area contributed by atoms with Gasteiger partial charge in [-0.1, -0.05) is 26.0 Å². The van der Waals surface area contributed by atoms with Gasteiger partial charge in [-0.25, -0.2) is 9.98 Å². The number of fused-ring (bicyclic) bond motifs is 2. The lowest BCUT2D eigenvalue weighted by molar-refractivity contribution is 0.294. The zero-order chi connectivity index (χ0) is 15.0. The lowest BCUT2D eigenvalue weighted by atomic mass is 10.0. The lowest BCUT2D eigenvalue weighted by Gasteiger charge is -2.26. The molecule has 1 aliphatic heterocycles. The van der Waals surface area contributed by atoms with Gasteiger partial charge in [-0.15, -0.1) is 0 Å². The van der Waals surface area contributed by atoms with Crippen molar-refractivity contribution in [1.82, 2.24) is 9.55 Å². The van der Waals surface area contributed by atoms with Crippen LogP contribution in [0.5, 0.6) is 0 Å². The summed E-state index contributed by atoms with van der Waals surface area (Å²) in [5.41, 5.74) is 0.711. The minimum absolute atomic E-state index is 0.0200. The normalized spacial score (nSPS) is 17.7. The minimum atomic E-state index is -0.141. The van der Waals surface area contributed by atoms with E-state index in [-0.39, 0.29) is 17.5 Å². The van der Waals surface area contributed by atoms with Gasteiger partial charge in [0.05, 0.1) is 17.5 Å². The fourth-order valence-electron chi connectivity index (χ4n) is 2.65. The van der Waals surface area contributed by atoms with Gasteiger partial charge in [0.15, 0.2) is 0 Å². The van der Waals surface area contributed by atoms with E-state index in [1.807, 2.05) is 31.2 Å². The molecule has 0 unspecified atom stereocenters. The third-order valence-corrected chi connectivity index (χ3v) is 3.67. The van der Waals surface area contributed by atoms with Crippen LogP contribution in [0.3, 0.4) is 0 Å². The van der Waals surface area contributed by atoms with Gasteiger partial charge in [-0.3, -0.25) is 9.36 Å². The summed E-state index contributed by atoms with van der Waals surface area (Å²) in [6, 6.07) is 7.30. The van der Waals surface area contributed by atoms with E-state index in [1.165, 1.54) is 0 Å². The van der Waals surface area contributed by atoms with Gasteiger partial charge >= 0.3 is 0 Å². The first kappa shape index (κ1) is 13.8. The third-order valence-electron chi connectivity index (χ3n) is 3.67. The largest absolute Gasteiger partial charge is 0.480 e. The minimum Gasteiger partial charge on any atom is -0.480 e. The molecule has 0 saturated heterocycles. The first-order chi connectivity index (χ1) is 10.1. The van der Waals surface area contributed by atoms with E-state index in [2.05, 4.69) is 23.8 Å². The maximum atomic E-state index is 12.7. The van der Waals surface area contributed by atoms with Crippen LogP contribution in [0, 0.1) is 5.92 Å². The van der Waals surface area contributed by atoms with Gasteiger partial charge in [0.2, 0.25) is 5.90 Å². The zero-order valence-corrected chi connectivity index (χ0v) is 12.5. The number of benzene rings is 1. The van der Waals surface area contributed by atoms with Crippen molar-refractivity contribution in [2.45, 2.75) is 33.4 Å². The molecule has 2 heterocycles. The lowest BCUT2D eigenvalue weighted by Crippen LogP contribution is -2.35. The summed E-state index contributed by atoms with van der Waals surface area (Å²) >= 11 is 0. The molecule has 0 saturated carbocycles. The second-order valence-corrected chi connectivity index (χ2v) is 5.52. The Morgan fingerprint density at radius 1 is 1.38 bits per heavy atom. The molecule has 3 rings (SSSR count). The summed E-state index contributed by atoms with van der Waals surface area (Å²) in [6.07, 6.45) is 0. The van der Waals surface area contributed by atoms with E-state index in [1.54, 1.807) is 4.57 Å². The van der Waals surface area contributed by atoms with Crippen LogP contribution in [0.2, 0.25) is 0 Å². The summed E-state index contributed by atoms with van der Waals surface area (Å²) in [5, 5.41) is 0.640. The monoisotopic (exact) mass is 285 g/mol. The summed E-state index contributed by atoms with van der Waals surface area (Å²) in [7, 11) is 0. The Balaban J connectivity index is 2.23. The summed E-state index contributed by atoms with van der Waals surface area (Å²) in [4.78, 5) is 22.0. The highest BCUT2D eigenvalue weighted by Gasteiger charge is 2.28. The predicted molar refractivity (Wildman–Crippen MR) is 82.6 cm³/mol. The highest BCUT2D eigenvalue weighted by molar-refractivity contribution is 5.80. The quantitative estimate of drug-likeness (QED) is 0.852. The van der Waals surface area contributed by atoms with E-state index in [0.29, 0.717) is 24.4 Å². The third kappa shape index (κ3) is 2.33. The molecule has 0 spiro atoms. The molecule has 1 atom stereocenters. The Morgan fingerprint density at radius 3 is 2.86 bits per heavy atom. The molecule has 1 aromatic heterocycles. The maximum Gasteiger partial charge on any atom is 0.261 e. The molecule has 0 bridgehead atoms. The van der Waals surface area contributed by atoms with Crippen molar-refractivity contribution in [2.24, 2.45) is 10.9 Å². The van der Waals surface area contributed by atoms with E-state index in [0.717, 1.165) is 11.3 Å². The molecule has 5 heteroatoms. The van der Waals surface area contributed by atoms with Crippen molar-refractivity contribution in [2.75, 3.05) is 6.61 Å². The van der Waals surface area contributed by atoms with Gasteiger partial charge in [0.25, 0.3) is 5.56 Å². The highest BCUT2D eigenvalue weighted by atomic mass is 16.5. The number of rotatable bonds is 2. The number of ether oxygens (including phenoxy) is 1. The Bertz CT molecular complexity index is 762. The molecular formula is C16H19N3O2. The molecule has 0 N–H and O–H groups in total. The second kappa shape index (κ2) is 5.31. The number of aliphatic imine (C=N–C) groups is 1. The average Bonchev–Trinajstić information content (AvgIpc) is 2.48. The first-order valence-corrected chi connectivity index (χ1v) is 7.30. The topological polar surface area (TPSA) is 56.5 Å². The van der Waals surface area contributed by atoms with Crippen molar-refractivity contribution in [3.05, 3.63) is 40.4 Å². The molecular weight excluding hydrogens is 266 g/mol. The van der Waals surface area contributed by atoms with Crippen molar-refractivity contribution < 1.29 is 4.74 Å². The number of nitrogens with zero attached hydrogens (tertiary/aromatic N) is 3. The summed E-state index contributed by atoms with van der Waals surface area (Å²) in [5.74, 6) is 1.60. The van der Waals surface area contributed by atoms with Gasteiger partial charge in [0.1, 0.15) is 18.4 Å². The average molecular weight is 285 g/mol. The van der Waals surface area contributed by atoms with Crippen molar-refractivity contribution in [3.8, 4) is 0 Å². The number of aromatic nitrogens is 2. The van der Waals surface area contributed by atoms with Crippen LogP contribution in [0.15, 0.2) is 34.1 Å². The van der Waals surface area contributed by atoms with Crippen LogP contribution in [-0.4, -0.2) is 22.1 Å². The van der Waals surface area contributed by atoms with Crippen molar-refractivity contribution in [3.63, 3.8) is 0 Å². The predicted octanol–water partition coefficient (Wildman–Crippen LogP) is 2.54. The number of hydrogen-bond acceptors (Lipinski definition) is 4. The number of hydrogen-bond donors (Lipinski definition) is 0. The fourth-order valence-corrected chi connectivity index (χ4v) is 2.65. The molecule has 5 nitrogen and oxygen atoms in total. The fraction of sp³-hybridized carbons (Fsp3) is 0.438. The van der Waals surface area contributed by atoms with E-state index < -0.39 is 0 Å². The standard InChI is InChI=1S/C16H19N3O2/c1-4-21-13-9-19-15(14(18-13)10(2)3)17-12-8-6-5-7-11(12)16(19)20/h5-8,10,14H,4,9H2,1-3H3/t14-/m0/s1. The molecule has 1 aliphatic rings. The van der Waals surface area contributed by atoms with E-state index in [9.17, 15) is 4.79 Å². The maximum absolute atomic E-state index is 12.7. The van der Waals surface area contributed by atoms with Gasteiger partial charge in [0, 0.05) is 0 Å². The smallest absolute Gasteiger partial charge is 0.261 e. The van der Waals surface area contributed by atoms with E-state index in [4.69, 9.17) is 4.74 Å². The molecule has 0 amide bonds. The summed E-state index contributed by atoms with van der Waals surface area (Å²) in [6.45, 7) is 6.99. The Kier molecular flexibility index (Phi) is 3.49. The molecule has 0 radical (unpaired) electrons. The highest BCUT2D eigenvalue weighted by Crippen LogP contribution is 2.28. The number of para-hydroxylation sites is 1. The Labute approximate surface area is 123 Å². The SMILES string of the molecule is CCOC1=N[C@@H](C(C)C)c2nc3ccccc3c(=O)n2C1. The molecule has 0 fully saturated rings. The van der Waals surface area contributed by atoms with Gasteiger partial charge < -0.3 is 4.74 Å². The van der Waals surface area contributed by atoms with Gasteiger partial charge in [-0.2, -0.15) is 0 Å². The van der Waals surface area contributed by atoms with Crippen molar-refractivity contribution >= 4 is 16.8 Å². The Hall–Kier alpha value is -2.17. The van der Waals surface area contributed by atoms with Crippen LogP contribution in [-0.2, 0) is 11.3 Å². The first-order valence-electron chi connectivity index (χ1n) is 7.30. The molecule has 0 aliphatic carbocycles. The van der Waals surface area contributed by atoms with E-state index >= 15 is 0 Å². The summed E-state index contributed by atoms with van der Waals surface area (Å²) < 4.78 is 7.25. The zero-order valence-electron chi connectivity index (χ0n) is 12.5. The Morgan fingerprint density at radius 2 is 2.14 bits per heavy atom. The molecule has 21 heavy (non-hydrogen) atoms. The molecule has 110 valence electrons.